The van der Waals surface area contributed by atoms with Crippen molar-refractivity contribution in [3.8, 4) is 0 Å². The predicted octanol–water partition coefficient (Wildman–Crippen LogP) is 4.86. The van der Waals surface area contributed by atoms with Gasteiger partial charge in [0.15, 0.2) is 0 Å². The van der Waals surface area contributed by atoms with E-state index in [9.17, 15) is 20.1 Å². The van der Waals surface area contributed by atoms with Crippen LogP contribution < -0.4 is 0 Å². The van der Waals surface area contributed by atoms with E-state index in [1.165, 1.54) is 13.3 Å². The summed E-state index contributed by atoms with van der Waals surface area (Å²) in [5, 5.41) is 32.9. The molecule has 212 valence electrons. The Morgan fingerprint density at radius 2 is 1.68 bits per heavy atom. The van der Waals surface area contributed by atoms with E-state index in [4.69, 9.17) is 9.47 Å². The molecule has 5 rings (SSSR count). The van der Waals surface area contributed by atoms with Gasteiger partial charge in [0.2, 0.25) is 0 Å². The molecular weight excluding hydrogens is 468 g/mol. The van der Waals surface area contributed by atoms with Crippen molar-refractivity contribution >= 4 is 5.97 Å². The zero-order chi connectivity index (χ0) is 27.3. The lowest BCUT2D eigenvalue weighted by atomic mass is 9.44. The van der Waals surface area contributed by atoms with Crippen molar-refractivity contribution in [1.82, 2.24) is 0 Å². The maximum absolute atomic E-state index is 12.3. The van der Waals surface area contributed by atoms with Gasteiger partial charge in [0, 0.05) is 18.3 Å². The van der Waals surface area contributed by atoms with Crippen LogP contribution >= 0.6 is 0 Å². The molecule has 1 saturated heterocycles. The fourth-order valence-electron chi connectivity index (χ4n) is 10.7. The van der Waals surface area contributed by atoms with Gasteiger partial charge in [-0.1, -0.05) is 27.7 Å². The minimum atomic E-state index is -0.934. The van der Waals surface area contributed by atoms with Crippen molar-refractivity contribution in [3.05, 3.63) is 0 Å². The number of epoxide rings is 1. The summed E-state index contributed by atoms with van der Waals surface area (Å²) in [5.41, 5.74) is -2.41. The fraction of sp³-hybridized carbons (Fsp3) is 0.968. The average Bonchev–Trinajstić information content (AvgIpc) is 3.39. The first-order valence-electron chi connectivity index (χ1n) is 15.0. The molecule has 13 atom stereocenters. The molecule has 0 aromatic rings. The number of carbonyl (C=O) groups is 1. The number of hydrogen-bond acceptors (Lipinski definition) is 6. The fourth-order valence-corrected chi connectivity index (χ4v) is 10.7. The summed E-state index contributed by atoms with van der Waals surface area (Å²) < 4.78 is 12.8. The Balaban J connectivity index is 1.46. The second-order valence-electron chi connectivity index (χ2n) is 15.1. The zero-order valence-corrected chi connectivity index (χ0v) is 24.4. The Morgan fingerprint density at radius 1 is 1.00 bits per heavy atom. The number of esters is 1. The maximum atomic E-state index is 12.3. The minimum absolute atomic E-state index is 0.135. The molecule has 6 heteroatoms. The van der Waals surface area contributed by atoms with Crippen LogP contribution in [0, 0.1) is 46.3 Å². The van der Waals surface area contributed by atoms with Gasteiger partial charge in [-0.25, -0.2) is 0 Å². The van der Waals surface area contributed by atoms with E-state index < -0.39 is 29.0 Å². The third-order valence-electron chi connectivity index (χ3n) is 13.1. The third-order valence-corrected chi connectivity index (χ3v) is 13.1. The number of carbonyl (C=O) groups excluding carboxylic acids is 1. The lowest BCUT2D eigenvalue weighted by molar-refractivity contribution is -0.158. The van der Waals surface area contributed by atoms with Gasteiger partial charge in [-0.2, -0.15) is 0 Å². The van der Waals surface area contributed by atoms with Gasteiger partial charge in [0.1, 0.15) is 17.3 Å². The van der Waals surface area contributed by atoms with Gasteiger partial charge in [-0.3, -0.25) is 4.79 Å². The van der Waals surface area contributed by atoms with Gasteiger partial charge in [0.05, 0.1) is 17.8 Å². The van der Waals surface area contributed by atoms with Crippen molar-refractivity contribution in [3.63, 3.8) is 0 Å². The van der Waals surface area contributed by atoms with E-state index in [2.05, 4.69) is 13.8 Å². The molecule has 13 unspecified atom stereocenters. The van der Waals surface area contributed by atoms with Gasteiger partial charge in [-0.05, 0) is 107 Å². The lowest BCUT2D eigenvalue weighted by Crippen LogP contribution is -2.58. The molecule has 3 N–H and O–H groups in total. The molecule has 0 bridgehead atoms. The largest absolute Gasteiger partial charge is 0.459 e. The molecule has 6 nitrogen and oxygen atoms in total. The number of rotatable bonds is 5. The highest BCUT2D eigenvalue weighted by Crippen LogP contribution is 2.76. The van der Waals surface area contributed by atoms with Crippen LogP contribution in [0.2, 0.25) is 0 Å². The van der Waals surface area contributed by atoms with E-state index in [1.54, 1.807) is 13.8 Å². The Hall–Kier alpha value is -0.690. The lowest BCUT2D eigenvalue weighted by Gasteiger charge is -2.60. The van der Waals surface area contributed by atoms with Crippen LogP contribution in [0.4, 0.5) is 0 Å². The number of aliphatic hydroxyl groups is 3. The molecule has 37 heavy (non-hydrogen) atoms. The summed E-state index contributed by atoms with van der Waals surface area (Å²) in [6.07, 6.45) is 6.84. The van der Waals surface area contributed by atoms with E-state index in [0.29, 0.717) is 23.7 Å². The first-order chi connectivity index (χ1) is 17.0. The molecule has 0 aromatic heterocycles. The van der Waals surface area contributed by atoms with Crippen LogP contribution in [0.25, 0.3) is 0 Å². The molecule has 4 aliphatic carbocycles. The highest BCUT2D eigenvalue weighted by atomic mass is 16.7. The van der Waals surface area contributed by atoms with Crippen molar-refractivity contribution in [2.45, 2.75) is 142 Å². The van der Waals surface area contributed by atoms with Crippen molar-refractivity contribution < 1.29 is 29.6 Å². The third kappa shape index (κ3) is 3.74. The molecule has 0 radical (unpaired) electrons. The second kappa shape index (κ2) is 8.65. The Kier molecular flexibility index (Phi) is 6.52. The van der Waals surface area contributed by atoms with Crippen LogP contribution in [0.3, 0.4) is 0 Å². The van der Waals surface area contributed by atoms with Crippen LogP contribution in [0.5, 0.6) is 0 Å². The molecule has 0 aromatic carbocycles. The zero-order valence-electron chi connectivity index (χ0n) is 24.4. The number of fused-ring (bicyclic) bond motifs is 6. The maximum Gasteiger partial charge on any atom is 0.303 e. The predicted molar refractivity (Wildman–Crippen MR) is 142 cm³/mol. The molecule has 1 aliphatic heterocycles. The molecule has 1 heterocycles. The summed E-state index contributed by atoms with van der Waals surface area (Å²) in [6.45, 7) is 15.9. The Bertz CT molecular complexity index is 914. The van der Waals surface area contributed by atoms with Gasteiger partial charge < -0.3 is 24.8 Å². The molecule has 5 fully saturated rings. The van der Waals surface area contributed by atoms with Crippen molar-refractivity contribution in [2.24, 2.45) is 46.3 Å². The summed E-state index contributed by atoms with van der Waals surface area (Å²) in [4.78, 5) is 12.3. The van der Waals surface area contributed by atoms with E-state index in [0.717, 1.165) is 44.9 Å². The number of ether oxygens (including phenoxy) is 2. The highest BCUT2D eigenvalue weighted by Gasteiger charge is 2.86. The second-order valence-corrected chi connectivity index (χ2v) is 15.1. The van der Waals surface area contributed by atoms with Crippen molar-refractivity contribution in [1.29, 1.82) is 0 Å². The minimum Gasteiger partial charge on any atom is -0.459 e. The number of aliphatic hydroxyl groups excluding tert-OH is 2. The molecule has 5 aliphatic rings. The van der Waals surface area contributed by atoms with Crippen LogP contribution in [-0.4, -0.2) is 56.4 Å². The van der Waals surface area contributed by atoms with Crippen LogP contribution in [0.1, 0.15) is 107 Å². The quantitative estimate of drug-likeness (QED) is 0.354. The normalized spacial score (nSPS) is 51.4. The van der Waals surface area contributed by atoms with Gasteiger partial charge in [0.25, 0.3) is 0 Å². The SMILES string of the molecule is CC(=O)OC(C(C)C(C)C(C)(C)O)C1(C)OC12C(O)CC1C3CCC4CC(O)CCC4(C)C3CCC12C. The molecule has 4 saturated carbocycles. The topological polar surface area (TPSA) is 99.5 Å². The van der Waals surface area contributed by atoms with E-state index in [1.807, 2.05) is 20.8 Å². The summed E-state index contributed by atoms with van der Waals surface area (Å²) in [5.74, 6) is 1.51. The average molecular weight is 521 g/mol. The van der Waals surface area contributed by atoms with Crippen LogP contribution in [-0.2, 0) is 14.3 Å². The monoisotopic (exact) mass is 520 g/mol. The Morgan fingerprint density at radius 3 is 2.30 bits per heavy atom. The smallest absolute Gasteiger partial charge is 0.303 e. The van der Waals surface area contributed by atoms with Crippen LogP contribution in [0.15, 0.2) is 0 Å². The summed E-state index contributed by atoms with van der Waals surface area (Å²) in [6, 6.07) is 0. The van der Waals surface area contributed by atoms with E-state index in [-0.39, 0.29) is 34.7 Å². The molecular formula is C31H52O6. The summed E-state index contributed by atoms with van der Waals surface area (Å²) >= 11 is 0. The first kappa shape index (κ1) is 27.9. The highest BCUT2D eigenvalue weighted by molar-refractivity contribution is 5.66. The Labute approximate surface area is 223 Å². The standard InChI is InChI=1S/C31H52O6/c1-17(18(2)27(4,5)35)26(36-19(3)32)30(8)31(37-30)25(34)16-24-22-10-9-20-15-21(33)11-13-28(20,6)23(22)12-14-29(24,31)7/h17-18,20-26,33-35H,9-16H2,1-8H3. The van der Waals surface area contributed by atoms with Crippen molar-refractivity contribution in [2.75, 3.05) is 0 Å². The molecule has 1 spiro atoms. The summed E-state index contributed by atoms with van der Waals surface area (Å²) in [7, 11) is 0. The van der Waals surface area contributed by atoms with Gasteiger partial charge >= 0.3 is 5.97 Å². The molecule has 0 amide bonds. The van der Waals surface area contributed by atoms with Gasteiger partial charge in [-0.15, -0.1) is 0 Å². The van der Waals surface area contributed by atoms with E-state index >= 15 is 0 Å². The number of hydrogen-bond donors (Lipinski definition) is 3. The first-order valence-corrected chi connectivity index (χ1v) is 15.0.